The fourth-order valence-electron chi connectivity index (χ4n) is 1.96. The van der Waals surface area contributed by atoms with E-state index in [0.29, 0.717) is 5.02 Å². The maximum Gasteiger partial charge on any atom is 1.00 e. The Morgan fingerprint density at radius 1 is 1.15 bits per heavy atom. The zero-order valence-corrected chi connectivity index (χ0v) is 17.5. The maximum atomic E-state index is 12.1. The van der Waals surface area contributed by atoms with Gasteiger partial charge < -0.3 is 23.5 Å². The van der Waals surface area contributed by atoms with Gasteiger partial charge in [0.15, 0.2) is 20.0 Å². The van der Waals surface area contributed by atoms with Crippen molar-refractivity contribution in [1.29, 1.82) is 0 Å². The van der Waals surface area contributed by atoms with Gasteiger partial charge in [-0.3, -0.25) is 0 Å². The van der Waals surface area contributed by atoms with Crippen LogP contribution in [0, 0.1) is 0 Å². The largest absolute Gasteiger partial charge is 1.00 e. The summed E-state index contributed by atoms with van der Waals surface area (Å²) in [4.78, 5) is 24.2. The Kier molecular flexibility index (Phi) is 9.71. The van der Waals surface area contributed by atoms with Crippen molar-refractivity contribution in [2.75, 3.05) is 13.7 Å². The number of esters is 1. The number of hydrogen-bond acceptors (Lipinski definition) is 6. The minimum Gasteiger partial charge on any atom is -0.776 e. The molecule has 0 aliphatic rings. The molecule has 2 atom stereocenters. The Morgan fingerprint density at radius 2 is 1.81 bits per heavy atom. The summed E-state index contributed by atoms with van der Waals surface area (Å²) < 4.78 is 26.9. The van der Waals surface area contributed by atoms with E-state index in [1.165, 1.54) is 30.3 Å². The minimum atomic E-state index is -4.57. The molecule has 0 fully saturated rings. The smallest absolute Gasteiger partial charge is 0.776 e. The number of carbonyl (C=O) groups excluding carboxylic acids is 1. The van der Waals surface area contributed by atoms with Crippen LogP contribution in [-0.4, -0.2) is 19.7 Å². The number of benzene rings is 2. The molecule has 0 bridgehead atoms. The van der Waals surface area contributed by atoms with Gasteiger partial charge in [-0.2, -0.15) is 0 Å². The van der Waals surface area contributed by atoms with Crippen LogP contribution in [0.1, 0.15) is 11.4 Å². The first kappa shape index (κ1) is 24.4. The number of ether oxygens (including phenoxy) is 2. The van der Waals surface area contributed by atoms with Gasteiger partial charge in [-0.05, 0) is 24.3 Å². The number of rotatable bonds is 7. The normalized spacial score (nSPS) is 13.8. The predicted octanol–water partition coefficient (Wildman–Crippen LogP) is 1.47. The van der Waals surface area contributed by atoms with E-state index in [1.807, 2.05) is 0 Å². The van der Waals surface area contributed by atoms with E-state index in [0.717, 1.165) is 7.11 Å². The summed E-state index contributed by atoms with van der Waals surface area (Å²) in [5.74, 6) is -2.47. The first-order chi connectivity index (χ1) is 12.2. The van der Waals surface area contributed by atoms with Gasteiger partial charge in [0.05, 0.1) is 5.02 Å². The van der Waals surface area contributed by atoms with Crippen molar-refractivity contribution >= 4 is 48.4 Å². The summed E-state index contributed by atoms with van der Waals surface area (Å²) in [6, 6.07) is 10.5. The third kappa shape index (κ3) is 6.71. The van der Waals surface area contributed by atoms with Gasteiger partial charge >= 0.3 is 24.8 Å². The SMILES string of the molecule is COP(=O)([O-])C(OC(=O)COc1ccc(Cl)cc1Cl)c1ccccc1Cl.[Li+]. The summed E-state index contributed by atoms with van der Waals surface area (Å²) >= 11 is 17.7. The maximum absolute atomic E-state index is 12.1. The van der Waals surface area contributed by atoms with Crippen LogP contribution >= 0.6 is 42.4 Å². The Morgan fingerprint density at radius 3 is 2.41 bits per heavy atom. The molecule has 0 radical (unpaired) electrons. The third-order valence-electron chi connectivity index (χ3n) is 3.20. The number of carbonyl (C=O) groups is 1. The van der Waals surface area contributed by atoms with Crippen LogP contribution in [0.5, 0.6) is 5.75 Å². The zero-order valence-electron chi connectivity index (χ0n) is 14.4. The molecule has 0 aliphatic carbocycles. The van der Waals surface area contributed by atoms with E-state index in [-0.39, 0.29) is 40.2 Å². The van der Waals surface area contributed by atoms with Crippen molar-refractivity contribution in [3.63, 3.8) is 0 Å². The molecule has 0 amide bonds. The van der Waals surface area contributed by atoms with Crippen LogP contribution in [0.4, 0.5) is 0 Å². The summed E-state index contributed by atoms with van der Waals surface area (Å²) in [5.41, 5.74) is 0.0761. The van der Waals surface area contributed by atoms with Crippen molar-refractivity contribution in [3.8, 4) is 5.75 Å². The van der Waals surface area contributed by atoms with Crippen LogP contribution in [0.15, 0.2) is 42.5 Å². The van der Waals surface area contributed by atoms with Crippen molar-refractivity contribution in [3.05, 3.63) is 63.1 Å². The summed E-state index contributed by atoms with van der Waals surface area (Å²) in [7, 11) is -3.61. The predicted molar refractivity (Wildman–Crippen MR) is 96.9 cm³/mol. The zero-order chi connectivity index (χ0) is 19.3. The minimum absolute atomic E-state index is 0. The molecule has 0 heterocycles. The van der Waals surface area contributed by atoms with E-state index in [9.17, 15) is 14.3 Å². The number of halogens is 3. The average molecular weight is 446 g/mol. The molecule has 27 heavy (non-hydrogen) atoms. The van der Waals surface area contributed by atoms with Gasteiger partial charge in [0.25, 0.3) is 0 Å². The van der Waals surface area contributed by atoms with Crippen molar-refractivity contribution in [1.82, 2.24) is 0 Å². The molecule has 0 spiro atoms. The van der Waals surface area contributed by atoms with E-state index in [2.05, 4.69) is 4.52 Å². The molecule has 0 aliphatic heterocycles. The fraction of sp³-hybridized carbons (Fsp3) is 0.188. The second-order valence-corrected chi connectivity index (χ2v) is 8.11. The van der Waals surface area contributed by atoms with Gasteiger partial charge in [-0.1, -0.05) is 53.0 Å². The van der Waals surface area contributed by atoms with Gasteiger partial charge in [0, 0.05) is 22.7 Å². The van der Waals surface area contributed by atoms with Gasteiger partial charge in [0.2, 0.25) is 0 Å². The topological polar surface area (TPSA) is 84.9 Å². The molecule has 0 saturated carbocycles. The molecule has 2 rings (SSSR count). The van der Waals surface area contributed by atoms with Crippen molar-refractivity contribution in [2.45, 2.75) is 5.85 Å². The molecule has 11 heteroatoms. The molecular weight excluding hydrogens is 432 g/mol. The molecule has 0 N–H and O–H groups in total. The molecule has 2 unspecified atom stereocenters. The van der Waals surface area contributed by atoms with E-state index < -0.39 is 26.0 Å². The number of hydrogen-bond donors (Lipinski definition) is 0. The fourth-order valence-corrected chi connectivity index (χ4v) is 3.73. The third-order valence-corrected chi connectivity index (χ3v) is 5.54. The van der Waals surface area contributed by atoms with Crippen LogP contribution in [-0.2, 0) is 18.6 Å². The van der Waals surface area contributed by atoms with Crippen LogP contribution < -0.4 is 28.5 Å². The Balaban J connectivity index is 0.00000364. The van der Waals surface area contributed by atoms with Crippen LogP contribution in [0.25, 0.3) is 0 Å². The summed E-state index contributed by atoms with van der Waals surface area (Å²) in [6.07, 6.45) is 0. The molecular formula is C16H13Cl3LiO6P. The van der Waals surface area contributed by atoms with E-state index in [1.54, 1.807) is 12.1 Å². The standard InChI is InChI=1S/C16H14Cl3O6P.Li/c1-23-26(21,22)16(11-4-2-3-5-12(11)18)25-15(20)9-24-14-7-6-10(17)8-13(14)19;/h2-8,16H,9H2,1H3,(H,21,22);/q;+1/p-1. The quantitative estimate of drug-likeness (QED) is 0.365. The second-order valence-electron chi connectivity index (χ2n) is 4.95. The molecule has 0 aromatic heterocycles. The van der Waals surface area contributed by atoms with E-state index in [4.69, 9.17) is 44.3 Å². The Hall–Kier alpha value is -0.673. The summed E-state index contributed by atoms with van der Waals surface area (Å²) in [5, 5.41) is 0.704. The Bertz CT molecular complexity index is 851. The summed E-state index contributed by atoms with van der Waals surface area (Å²) in [6.45, 7) is -0.577. The molecule has 0 saturated heterocycles. The molecule has 2 aromatic carbocycles. The van der Waals surface area contributed by atoms with Gasteiger partial charge in [-0.15, -0.1) is 0 Å². The monoisotopic (exact) mass is 444 g/mol. The second kappa shape index (κ2) is 10.8. The van der Waals surface area contributed by atoms with E-state index >= 15 is 0 Å². The average Bonchev–Trinajstić information content (AvgIpc) is 2.59. The van der Waals surface area contributed by atoms with Crippen molar-refractivity contribution < 1.29 is 47.1 Å². The Labute approximate surface area is 183 Å². The molecule has 6 nitrogen and oxygen atoms in total. The molecule has 140 valence electrons. The van der Waals surface area contributed by atoms with Gasteiger partial charge in [0.1, 0.15) is 5.75 Å². The first-order valence-corrected chi connectivity index (χ1v) is 9.87. The molecule has 2 aromatic rings. The first-order valence-electron chi connectivity index (χ1n) is 7.13. The van der Waals surface area contributed by atoms with Crippen molar-refractivity contribution in [2.24, 2.45) is 0 Å². The van der Waals surface area contributed by atoms with Gasteiger partial charge in [-0.25, -0.2) is 4.79 Å². The van der Waals surface area contributed by atoms with Crippen LogP contribution in [0.2, 0.25) is 15.1 Å². The van der Waals surface area contributed by atoms with Crippen LogP contribution in [0.3, 0.4) is 0 Å².